The maximum Gasteiger partial charge on any atom is 0.338 e. The number of benzene rings is 1. The number of ether oxygens (including phenoxy) is 1. The zero-order chi connectivity index (χ0) is 14.9. The molecule has 1 aliphatic rings. The molecule has 1 fully saturated rings. The van der Waals surface area contributed by atoms with E-state index >= 15 is 0 Å². The van der Waals surface area contributed by atoms with Crippen LogP contribution in [0, 0.1) is 11.3 Å². The highest BCUT2D eigenvalue weighted by Crippen LogP contribution is 2.39. The first-order valence-corrected chi connectivity index (χ1v) is 7.82. The molecule has 2 unspecified atom stereocenters. The van der Waals surface area contributed by atoms with Crippen LogP contribution in [0.5, 0.6) is 0 Å². The molecule has 4 heteroatoms. The molecule has 1 saturated carbocycles. The summed E-state index contributed by atoms with van der Waals surface area (Å²) < 4.78 is 6.40. The molecule has 0 aromatic heterocycles. The molecule has 2 N–H and O–H groups in total. The minimum atomic E-state index is -0.263. The van der Waals surface area contributed by atoms with E-state index in [2.05, 4.69) is 36.7 Å². The molecule has 0 spiro atoms. The minimum absolute atomic E-state index is 0.0116. The van der Waals surface area contributed by atoms with Crippen molar-refractivity contribution < 1.29 is 9.53 Å². The topological polar surface area (TPSA) is 52.3 Å². The third-order valence-electron chi connectivity index (χ3n) is 3.86. The Morgan fingerprint density at radius 1 is 1.40 bits per heavy atom. The summed E-state index contributed by atoms with van der Waals surface area (Å²) in [5.74, 6) is 0.329. The molecule has 2 rings (SSSR count). The van der Waals surface area contributed by atoms with Crippen LogP contribution in [0.15, 0.2) is 22.7 Å². The van der Waals surface area contributed by atoms with Gasteiger partial charge >= 0.3 is 5.97 Å². The van der Waals surface area contributed by atoms with Gasteiger partial charge in [-0.05, 0) is 64.7 Å². The molecular formula is C16H22BrNO2. The van der Waals surface area contributed by atoms with Gasteiger partial charge < -0.3 is 10.5 Å². The lowest BCUT2D eigenvalue weighted by molar-refractivity contribution is -0.00714. The van der Waals surface area contributed by atoms with Crippen LogP contribution >= 0.6 is 15.9 Å². The third-order valence-corrected chi connectivity index (χ3v) is 4.54. The number of anilines is 1. The normalized spacial score (nSPS) is 25.2. The van der Waals surface area contributed by atoms with E-state index < -0.39 is 0 Å². The Hall–Kier alpha value is -1.03. The molecule has 2 atom stereocenters. The zero-order valence-corrected chi connectivity index (χ0v) is 13.9. The van der Waals surface area contributed by atoms with Gasteiger partial charge in [-0.1, -0.05) is 20.8 Å². The van der Waals surface area contributed by atoms with Crippen molar-refractivity contribution in [2.24, 2.45) is 11.3 Å². The van der Waals surface area contributed by atoms with Gasteiger partial charge in [-0.15, -0.1) is 0 Å². The quantitative estimate of drug-likeness (QED) is 0.641. The number of hydrogen-bond donors (Lipinski definition) is 1. The van der Waals surface area contributed by atoms with Crippen LogP contribution in [0.3, 0.4) is 0 Å². The average Bonchev–Trinajstić information content (AvgIpc) is 2.29. The number of nitrogen functional groups attached to an aromatic ring is 1. The molecule has 0 aliphatic heterocycles. The van der Waals surface area contributed by atoms with Gasteiger partial charge in [-0.2, -0.15) is 0 Å². The maximum atomic E-state index is 12.2. The molecule has 1 aromatic rings. The summed E-state index contributed by atoms with van der Waals surface area (Å²) in [5.41, 5.74) is 7.13. The Kier molecular flexibility index (Phi) is 4.43. The lowest BCUT2D eigenvalue weighted by Crippen LogP contribution is -2.34. The fourth-order valence-corrected chi connectivity index (χ4v) is 3.60. The van der Waals surface area contributed by atoms with Gasteiger partial charge in [-0.25, -0.2) is 4.79 Å². The van der Waals surface area contributed by atoms with E-state index in [1.807, 2.05) is 0 Å². The Morgan fingerprint density at radius 2 is 2.10 bits per heavy atom. The van der Waals surface area contributed by atoms with Crippen LogP contribution in [0.4, 0.5) is 5.69 Å². The molecule has 110 valence electrons. The van der Waals surface area contributed by atoms with Gasteiger partial charge in [0.15, 0.2) is 0 Å². The highest BCUT2D eigenvalue weighted by molar-refractivity contribution is 9.10. The Labute approximate surface area is 129 Å². The fraction of sp³-hybridized carbons (Fsp3) is 0.562. The lowest BCUT2D eigenvalue weighted by atomic mass is 9.71. The van der Waals surface area contributed by atoms with Gasteiger partial charge in [0.2, 0.25) is 0 Å². The zero-order valence-electron chi connectivity index (χ0n) is 12.3. The predicted molar refractivity (Wildman–Crippen MR) is 84.6 cm³/mol. The first kappa shape index (κ1) is 15.4. The highest BCUT2D eigenvalue weighted by atomic mass is 79.9. The number of esters is 1. The van der Waals surface area contributed by atoms with E-state index in [1.54, 1.807) is 18.2 Å². The molecule has 1 aliphatic carbocycles. The number of halogens is 1. The largest absolute Gasteiger partial charge is 0.459 e. The summed E-state index contributed by atoms with van der Waals surface area (Å²) >= 11 is 3.33. The van der Waals surface area contributed by atoms with Gasteiger partial charge in [0.05, 0.1) is 5.56 Å². The molecule has 0 heterocycles. The van der Waals surface area contributed by atoms with Crippen LogP contribution in [-0.2, 0) is 4.74 Å². The molecule has 0 amide bonds. The van der Waals surface area contributed by atoms with Crippen molar-refractivity contribution in [3.05, 3.63) is 28.2 Å². The fourth-order valence-electron chi connectivity index (χ4n) is 3.22. The van der Waals surface area contributed by atoms with Gasteiger partial charge in [0.25, 0.3) is 0 Å². The van der Waals surface area contributed by atoms with Crippen molar-refractivity contribution in [3.63, 3.8) is 0 Å². The molecule has 1 aromatic carbocycles. The van der Waals surface area contributed by atoms with Gasteiger partial charge in [0, 0.05) is 10.2 Å². The number of carbonyl (C=O) groups is 1. The first-order valence-electron chi connectivity index (χ1n) is 7.03. The van der Waals surface area contributed by atoms with Crippen molar-refractivity contribution in [1.82, 2.24) is 0 Å². The second-order valence-corrected chi connectivity index (χ2v) is 7.53. The summed E-state index contributed by atoms with van der Waals surface area (Å²) in [6, 6.07) is 5.14. The Morgan fingerprint density at radius 3 is 2.70 bits per heavy atom. The van der Waals surface area contributed by atoms with E-state index in [1.165, 1.54) is 6.42 Å². The van der Waals surface area contributed by atoms with Crippen LogP contribution < -0.4 is 5.73 Å². The van der Waals surface area contributed by atoms with Crippen molar-refractivity contribution in [2.45, 2.75) is 46.1 Å². The van der Waals surface area contributed by atoms with Crippen LogP contribution in [-0.4, -0.2) is 12.1 Å². The summed E-state index contributed by atoms with van der Waals surface area (Å²) in [5, 5.41) is 0. The van der Waals surface area contributed by atoms with Crippen molar-refractivity contribution in [2.75, 3.05) is 5.73 Å². The molecule has 0 bridgehead atoms. The number of carbonyl (C=O) groups excluding carboxylic acids is 1. The minimum Gasteiger partial charge on any atom is -0.459 e. The van der Waals surface area contributed by atoms with Crippen molar-refractivity contribution in [3.8, 4) is 0 Å². The lowest BCUT2D eigenvalue weighted by Gasteiger charge is -2.38. The average molecular weight is 340 g/mol. The van der Waals surface area contributed by atoms with E-state index in [4.69, 9.17) is 10.5 Å². The SMILES string of the molecule is CC1CC(OC(=O)c2ccc(N)c(Br)c2)CC(C)(C)C1. The number of rotatable bonds is 2. The maximum absolute atomic E-state index is 12.2. The smallest absolute Gasteiger partial charge is 0.338 e. The third kappa shape index (κ3) is 3.75. The highest BCUT2D eigenvalue weighted by Gasteiger charge is 2.34. The van der Waals surface area contributed by atoms with Crippen molar-refractivity contribution in [1.29, 1.82) is 0 Å². The Balaban J connectivity index is 2.05. The Bertz CT molecular complexity index is 513. The van der Waals surface area contributed by atoms with E-state index in [-0.39, 0.29) is 17.5 Å². The standard InChI is InChI=1S/C16H22BrNO2/c1-10-6-12(9-16(2,3)8-10)20-15(19)11-4-5-14(18)13(17)7-11/h4-5,7,10,12H,6,8-9,18H2,1-3H3. The molecule has 0 saturated heterocycles. The molecule has 0 radical (unpaired) electrons. The second kappa shape index (κ2) is 5.76. The predicted octanol–water partition coefficient (Wildman–Crippen LogP) is 4.40. The van der Waals surface area contributed by atoms with Crippen LogP contribution in [0.25, 0.3) is 0 Å². The monoisotopic (exact) mass is 339 g/mol. The summed E-state index contributed by atoms with van der Waals surface area (Å²) in [7, 11) is 0. The van der Waals surface area contributed by atoms with E-state index in [9.17, 15) is 4.79 Å². The van der Waals surface area contributed by atoms with Crippen molar-refractivity contribution >= 4 is 27.6 Å². The van der Waals surface area contributed by atoms with E-state index in [0.717, 1.165) is 17.3 Å². The van der Waals surface area contributed by atoms with E-state index in [0.29, 0.717) is 17.2 Å². The van der Waals surface area contributed by atoms with Gasteiger partial charge in [-0.3, -0.25) is 0 Å². The summed E-state index contributed by atoms with van der Waals surface area (Å²) in [4.78, 5) is 12.2. The summed E-state index contributed by atoms with van der Waals surface area (Å²) in [6.07, 6.45) is 3.08. The van der Waals surface area contributed by atoms with Crippen LogP contribution in [0.2, 0.25) is 0 Å². The van der Waals surface area contributed by atoms with Gasteiger partial charge in [0.1, 0.15) is 6.10 Å². The first-order chi connectivity index (χ1) is 9.27. The number of hydrogen-bond acceptors (Lipinski definition) is 3. The molecule has 3 nitrogen and oxygen atoms in total. The molecule has 20 heavy (non-hydrogen) atoms. The molecular weight excluding hydrogens is 318 g/mol. The summed E-state index contributed by atoms with van der Waals surface area (Å²) in [6.45, 7) is 6.70. The number of nitrogens with two attached hydrogens (primary N) is 1. The second-order valence-electron chi connectivity index (χ2n) is 6.68. The van der Waals surface area contributed by atoms with Crippen LogP contribution in [0.1, 0.15) is 50.4 Å².